The minimum absolute atomic E-state index is 0.221. The van der Waals surface area contributed by atoms with Gasteiger partial charge in [-0.15, -0.1) is 0 Å². The Morgan fingerprint density at radius 1 is 1.43 bits per heavy atom. The van der Waals surface area contributed by atoms with E-state index in [2.05, 4.69) is 0 Å². The molecule has 0 spiro atoms. The average molecular weight is 192 g/mol. The van der Waals surface area contributed by atoms with E-state index in [1.165, 1.54) is 0 Å². The van der Waals surface area contributed by atoms with Gasteiger partial charge in [-0.05, 0) is 25.0 Å². The molecule has 3 heteroatoms. The zero-order chi connectivity index (χ0) is 10.4. The minimum Gasteiger partial charge on any atom is -0.493 e. The first-order valence-corrected chi connectivity index (χ1v) is 4.71. The Hall–Kier alpha value is -1.51. The van der Waals surface area contributed by atoms with Crippen molar-refractivity contribution in [3.8, 4) is 5.75 Å². The van der Waals surface area contributed by atoms with Crippen molar-refractivity contribution < 1.29 is 4.74 Å². The van der Waals surface area contributed by atoms with Gasteiger partial charge in [0.15, 0.2) is 0 Å². The number of ether oxygens (including phenoxy) is 1. The van der Waals surface area contributed by atoms with Gasteiger partial charge in [0.2, 0.25) is 0 Å². The third-order valence-corrected chi connectivity index (χ3v) is 1.94. The highest BCUT2D eigenvalue weighted by Crippen LogP contribution is 2.16. The van der Waals surface area contributed by atoms with E-state index in [0.29, 0.717) is 13.0 Å². The molecule has 0 atom stereocenters. The number of hydrogen-bond acceptors (Lipinski definition) is 2. The molecule has 0 aliphatic rings. The van der Waals surface area contributed by atoms with Crippen molar-refractivity contribution >= 4 is 5.84 Å². The summed E-state index contributed by atoms with van der Waals surface area (Å²) in [5, 5.41) is 7.04. The Morgan fingerprint density at radius 2 is 2.14 bits per heavy atom. The van der Waals surface area contributed by atoms with E-state index in [-0.39, 0.29) is 5.84 Å². The maximum Gasteiger partial charge on any atom is 0.122 e. The fourth-order valence-corrected chi connectivity index (χ4v) is 1.16. The minimum atomic E-state index is 0.221. The summed E-state index contributed by atoms with van der Waals surface area (Å²) in [7, 11) is 0. The monoisotopic (exact) mass is 192 g/mol. The Kier molecular flexibility index (Phi) is 3.98. The van der Waals surface area contributed by atoms with Crippen LogP contribution < -0.4 is 10.5 Å². The summed E-state index contributed by atoms with van der Waals surface area (Å²) in [5.41, 5.74) is 6.36. The molecule has 0 saturated heterocycles. The lowest BCUT2D eigenvalue weighted by atomic mass is 10.2. The molecule has 0 heterocycles. The van der Waals surface area contributed by atoms with Gasteiger partial charge in [-0.25, -0.2) is 0 Å². The predicted octanol–water partition coefficient (Wildman–Crippen LogP) is 2.09. The second-order valence-corrected chi connectivity index (χ2v) is 3.24. The summed E-state index contributed by atoms with van der Waals surface area (Å²) >= 11 is 0. The van der Waals surface area contributed by atoms with Gasteiger partial charge < -0.3 is 10.5 Å². The van der Waals surface area contributed by atoms with E-state index in [4.69, 9.17) is 15.9 Å². The standard InChI is InChI=1S/C11H16N2O/c1-9-5-2-3-6-10(9)14-8-4-7-11(12)13/h2-3,5-6H,4,7-8H2,1H3,(H3,12,13). The average Bonchev–Trinajstić information content (AvgIpc) is 2.15. The molecule has 0 radical (unpaired) electrons. The van der Waals surface area contributed by atoms with E-state index in [1.54, 1.807) is 0 Å². The first kappa shape index (κ1) is 10.6. The van der Waals surface area contributed by atoms with E-state index >= 15 is 0 Å². The molecule has 0 bridgehead atoms. The van der Waals surface area contributed by atoms with Crippen molar-refractivity contribution in [3.05, 3.63) is 29.8 Å². The van der Waals surface area contributed by atoms with Crippen molar-refractivity contribution in [1.82, 2.24) is 0 Å². The van der Waals surface area contributed by atoms with Crippen molar-refractivity contribution in [3.63, 3.8) is 0 Å². The highest BCUT2D eigenvalue weighted by Gasteiger charge is 1.97. The van der Waals surface area contributed by atoms with Crippen LogP contribution >= 0.6 is 0 Å². The van der Waals surface area contributed by atoms with Crippen LogP contribution in [0.5, 0.6) is 5.75 Å². The number of amidine groups is 1. The van der Waals surface area contributed by atoms with Crippen molar-refractivity contribution in [2.45, 2.75) is 19.8 Å². The highest BCUT2D eigenvalue weighted by molar-refractivity contribution is 5.76. The molecule has 1 rings (SSSR count). The summed E-state index contributed by atoms with van der Waals surface area (Å²) in [6, 6.07) is 7.90. The topological polar surface area (TPSA) is 59.1 Å². The van der Waals surface area contributed by atoms with Gasteiger partial charge in [0.05, 0.1) is 12.4 Å². The molecule has 0 aromatic heterocycles. The molecule has 0 unspecified atom stereocenters. The highest BCUT2D eigenvalue weighted by atomic mass is 16.5. The molecule has 0 aliphatic heterocycles. The molecule has 0 fully saturated rings. The molecule has 0 saturated carbocycles. The molecule has 14 heavy (non-hydrogen) atoms. The molecule has 3 N–H and O–H groups in total. The summed E-state index contributed by atoms with van der Waals surface area (Å²) in [4.78, 5) is 0. The molecule has 76 valence electrons. The molecular weight excluding hydrogens is 176 g/mol. The second-order valence-electron chi connectivity index (χ2n) is 3.24. The molecule has 3 nitrogen and oxygen atoms in total. The van der Waals surface area contributed by atoms with E-state index < -0.39 is 0 Å². The summed E-state index contributed by atoms with van der Waals surface area (Å²) in [6.07, 6.45) is 1.40. The van der Waals surface area contributed by atoms with Gasteiger partial charge >= 0.3 is 0 Å². The number of para-hydroxylation sites is 1. The number of nitrogens with one attached hydrogen (secondary N) is 1. The van der Waals surface area contributed by atoms with Crippen LogP contribution in [0.3, 0.4) is 0 Å². The molecule has 1 aromatic carbocycles. The summed E-state index contributed by atoms with van der Waals surface area (Å²) in [5.74, 6) is 1.13. The molecule has 1 aromatic rings. The number of rotatable bonds is 5. The van der Waals surface area contributed by atoms with Crippen LogP contribution in [0.1, 0.15) is 18.4 Å². The molecule has 0 amide bonds. The van der Waals surface area contributed by atoms with E-state index in [1.807, 2.05) is 31.2 Å². The zero-order valence-corrected chi connectivity index (χ0v) is 8.42. The maximum absolute atomic E-state index is 7.04. The van der Waals surface area contributed by atoms with Gasteiger partial charge in [-0.1, -0.05) is 18.2 Å². The predicted molar refractivity (Wildman–Crippen MR) is 57.8 cm³/mol. The van der Waals surface area contributed by atoms with Crippen LogP contribution in [0.15, 0.2) is 24.3 Å². The Bertz CT molecular complexity index is 310. The Morgan fingerprint density at radius 3 is 2.79 bits per heavy atom. The number of hydrogen-bond donors (Lipinski definition) is 2. The van der Waals surface area contributed by atoms with E-state index in [9.17, 15) is 0 Å². The van der Waals surface area contributed by atoms with Crippen LogP contribution in [-0.2, 0) is 0 Å². The maximum atomic E-state index is 7.04. The fourth-order valence-electron chi connectivity index (χ4n) is 1.16. The van der Waals surface area contributed by atoms with Crippen LogP contribution in [0.25, 0.3) is 0 Å². The van der Waals surface area contributed by atoms with Gasteiger partial charge in [-0.3, -0.25) is 5.41 Å². The number of nitrogens with two attached hydrogens (primary N) is 1. The van der Waals surface area contributed by atoms with Crippen LogP contribution in [-0.4, -0.2) is 12.4 Å². The van der Waals surface area contributed by atoms with Crippen molar-refractivity contribution in [1.29, 1.82) is 5.41 Å². The van der Waals surface area contributed by atoms with Gasteiger partial charge in [0.1, 0.15) is 5.75 Å². The third kappa shape index (κ3) is 3.47. The largest absolute Gasteiger partial charge is 0.493 e. The van der Waals surface area contributed by atoms with Gasteiger partial charge in [-0.2, -0.15) is 0 Å². The lowest BCUT2D eigenvalue weighted by Crippen LogP contribution is -2.11. The zero-order valence-electron chi connectivity index (χ0n) is 8.42. The summed E-state index contributed by atoms with van der Waals surface area (Å²) < 4.78 is 5.53. The smallest absolute Gasteiger partial charge is 0.122 e. The lowest BCUT2D eigenvalue weighted by molar-refractivity contribution is 0.311. The normalized spacial score (nSPS) is 9.79. The summed E-state index contributed by atoms with van der Waals surface area (Å²) in [6.45, 7) is 2.63. The van der Waals surface area contributed by atoms with E-state index in [0.717, 1.165) is 17.7 Å². The van der Waals surface area contributed by atoms with Gasteiger partial charge in [0.25, 0.3) is 0 Å². The van der Waals surface area contributed by atoms with Crippen molar-refractivity contribution in [2.24, 2.45) is 5.73 Å². The fraction of sp³-hybridized carbons (Fsp3) is 0.364. The number of aryl methyl sites for hydroxylation is 1. The van der Waals surface area contributed by atoms with Crippen LogP contribution in [0.2, 0.25) is 0 Å². The van der Waals surface area contributed by atoms with Gasteiger partial charge in [0, 0.05) is 6.42 Å². The van der Waals surface area contributed by atoms with Crippen LogP contribution in [0, 0.1) is 12.3 Å². The van der Waals surface area contributed by atoms with Crippen molar-refractivity contribution in [2.75, 3.05) is 6.61 Å². The lowest BCUT2D eigenvalue weighted by Gasteiger charge is -2.07. The first-order valence-electron chi connectivity index (χ1n) is 4.71. The molecule has 0 aliphatic carbocycles. The second kappa shape index (κ2) is 5.27. The van der Waals surface area contributed by atoms with Crippen LogP contribution in [0.4, 0.5) is 0 Å². The SMILES string of the molecule is Cc1ccccc1OCCCC(=N)N. The third-order valence-electron chi connectivity index (χ3n) is 1.94. The Balaban J connectivity index is 2.31. The number of benzene rings is 1. The molecular formula is C11H16N2O. The first-order chi connectivity index (χ1) is 6.70. The Labute approximate surface area is 84.4 Å². The quantitative estimate of drug-likeness (QED) is 0.426.